The number of nitrogens with zero attached hydrogens (tertiary/aromatic N) is 2. The first-order chi connectivity index (χ1) is 12.3. The van der Waals surface area contributed by atoms with E-state index in [1.807, 2.05) is 0 Å². The molecule has 8 nitrogen and oxygen atoms in total. The zero-order chi connectivity index (χ0) is 18.7. The molecule has 1 saturated heterocycles. The number of benzene rings is 1. The molecule has 3 aliphatic rings. The molecule has 6 atom stereocenters. The molecule has 4 rings (SSSR count). The number of nitrogens with one attached hydrogen (secondary N) is 1. The van der Waals surface area contributed by atoms with E-state index < -0.39 is 22.7 Å². The predicted octanol–water partition coefficient (Wildman–Crippen LogP) is 2.02. The van der Waals surface area contributed by atoms with Gasteiger partial charge in [-0.05, 0) is 30.4 Å². The summed E-state index contributed by atoms with van der Waals surface area (Å²) in [5.74, 6) is -2.12. The van der Waals surface area contributed by atoms with Crippen molar-refractivity contribution in [1.82, 2.24) is 10.4 Å². The summed E-state index contributed by atoms with van der Waals surface area (Å²) in [5.41, 5.74) is 2.35. The van der Waals surface area contributed by atoms with Gasteiger partial charge in [-0.15, -0.1) is 0 Å². The number of rotatable bonds is 3. The highest BCUT2D eigenvalue weighted by molar-refractivity contribution is 9.12. The van der Waals surface area contributed by atoms with Crippen LogP contribution in [-0.4, -0.2) is 37.3 Å². The largest absolute Gasteiger partial charge is 0.272 e. The molecule has 2 bridgehead atoms. The maximum Gasteiger partial charge on any atom is 0.270 e. The lowest BCUT2D eigenvalue weighted by Crippen LogP contribution is -2.47. The number of fused-ring (bicyclic) bond motifs is 5. The molecule has 1 heterocycles. The van der Waals surface area contributed by atoms with E-state index in [-0.39, 0.29) is 44.6 Å². The van der Waals surface area contributed by atoms with E-state index in [1.165, 1.54) is 24.3 Å². The van der Waals surface area contributed by atoms with Gasteiger partial charge in [-0.25, -0.2) is 0 Å². The molecule has 0 spiro atoms. The number of alkyl halides is 2. The van der Waals surface area contributed by atoms with E-state index in [2.05, 4.69) is 37.3 Å². The lowest BCUT2D eigenvalue weighted by Gasteiger charge is -2.28. The minimum absolute atomic E-state index is 0.0621. The minimum atomic E-state index is -0.653. The number of hydrogen-bond acceptors (Lipinski definition) is 5. The van der Waals surface area contributed by atoms with E-state index in [0.29, 0.717) is 0 Å². The molecule has 1 aliphatic heterocycles. The van der Waals surface area contributed by atoms with Crippen molar-refractivity contribution in [2.24, 2.45) is 23.7 Å². The van der Waals surface area contributed by atoms with Crippen LogP contribution < -0.4 is 5.43 Å². The van der Waals surface area contributed by atoms with E-state index in [1.54, 1.807) is 0 Å². The fraction of sp³-hybridized carbons (Fsp3) is 0.438. The molecule has 1 aromatic carbocycles. The van der Waals surface area contributed by atoms with Gasteiger partial charge in [0.25, 0.3) is 23.4 Å². The summed E-state index contributed by atoms with van der Waals surface area (Å²) in [6.45, 7) is 0. The van der Waals surface area contributed by atoms with Gasteiger partial charge in [0.15, 0.2) is 0 Å². The van der Waals surface area contributed by atoms with Crippen molar-refractivity contribution in [3.05, 3.63) is 39.9 Å². The van der Waals surface area contributed by atoms with Crippen molar-refractivity contribution in [2.45, 2.75) is 16.1 Å². The molecule has 0 radical (unpaired) electrons. The summed E-state index contributed by atoms with van der Waals surface area (Å²) < 4.78 is 0. The van der Waals surface area contributed by atoms with Crippen LogP contribution in [0.5, 0.6) is 0 Å². The number of imide groups is 1. The highest BCUT2D eigenvalue weighted by Gasteiger charge is 2.66. The van der Waals surface area contributed by atoms with E-state index in [9.17, 15) is 24.5 Å². The number of nitro groups is 1. The van der Waals surface area contributed by atoms with E-state index in [4.69, 9.17) is 0 Å². The molecule has 2 aliphatic carbocycles. The number of non-ortho nitro benzene ring substituents is 1. The first kappa shape index (κ1) is 17.6. The molecule has 1 aromatic rings. The number of carbonyl (C=O) groups is 3. The van der Waals surface area contributed by atoms with E-state index >= 15 is 0 Å². The summed E-state index contributed by atoms with van der Waals surface area (Å²) in [6.07, 6.45) is 0.808. The number of nitro benzene ring substituents is 1. The third-order valence-electron chi connectivity index (χ3n) is 5.54. The lowest BCUT2D eigenvalue weighted by molar-refractivity contribution is -0.384. The molecule has 2 saturated carbocycles. The van der Waals surface area contributed by atoms with Gasteiger partial charge in [0, 0.05) is 27.4 Å². The highest BCUT2D eigenvalue weighted by atomic mass is 79.9. The number of halogens is 2. The van der Waals surface area contributed by atoms with Gasteiger partial charge < -0.3 is 0 Å². The van der Waals surface area contributed by atoms with Crippen LogP contribution in [0.4, 0.5) is 5.69 Å². The number of amides is 3. The van der Waals surface area contributed by atoms with Crippen molar-refractivity contribution in [1.29, 1.82) is 0 Å². The van der Waals surface area contributed by atoms with Crippen LogP contribution in [-0.2, 0) is 9.59 Å². The third-order valence-corrected chi connectivity index (χ3v) is 8.75. The maximum absolute atomic E-state index is 12.7. The van der Waals surface area contributed by atoms with Gasteiger partial charge in [0.1, 0.15) is 0 Å². The number of hydrazine groups is 1. The van der Waals surface area contributed by atoms with Crippen LogP contribution in [0.25, 0.3) is 0 Å². The number of carbonyl (C=O) groups excluding carboxylic acids is 3. The lowest BCUT2D eigenvalue weighted by atomic mass is 9.81. The zero-order valence-corrected chi connectivity index (χ0v) is 16.3. The Balaban J connectivity index is 1.52. The average Bonchev–Trinajstić information content (AvgIpc) is 3.22. The summed E-state index contributed by atoms with van der Waals surface area (Å²) in [4.78, 5) is 48.1. The Bertz CT molecular complexity index is 798. The fourth-order valence-electron chi connectivity index (χ4n) is 4.36. The van der Waals surface area contributed by atoms with Crippen LogP contribution in [0.15, 0.2) is 24.3 Å². The van der Waals surface area contributed by atoms with Crippen molar-refractivity contribution in [3.63, 3.8) is 0 Å². The molecule has 10 heteroatoms. The molecule has 1 N–H and O–H groups in total. The molecule has 26 heavy (non-hydrogen) atoms. The summed E-state index contributed by atoms with van der Waals surface area (Å²) in [6, 6.07) is 4.96. The average molecular weight is 487 g/mol. The standard InChI is InChI=1S/C16H13Br2N3O5/c17-12-8-5-9(13(12)18)11-10(8)15(23)20(16(11)24)19-14(22)6-1-3-7(4-2-6)21(25)26/h1-4,8-13H,5H2,(H,19,22)/t8-,9-,10-,11+,12-,13+/m1/s1. The summed E-state index contributed by atoms with van der Waals surface area (Å²) >= 11 is 7.20. The van der Waals surface area contributed by atoms with Crippen LogP contribution >= 0.6 is 31.9 Å². The SMILES string of the molecule is O=C(NN1C(=O)[C@@H]2[C@H]3C[C@@H]([C@H](Br)[C@@H]3Br)[C@@H]2C1=O)c1ccc([N+](=O)[O-])cc1. The van der Waals surface area contributed by atoms with Gasteiger partial charge >= 0.3 is 0 Å². The minimum Gasteiger partial charge on any atom is -0.272 e. The second-order valence-electron chi connectivity index (χ2n) is 6.76. The third kappa shape index (κ3) is 2.42. The Kier molecular flexibility index (Phi) is 4.14. The molecule has 3 fully saturated rings. The van der Waals surface area contributed by atoms with Gasteiger partial charge in [0.2, 0.25) is 0 Å². The quantitative estimate of drug-likeness (QED) is 0.304. The second kappa shape index (κ2) is 6.12. The molecular formula is C16H13Br2N3O5. The Labute approximate surface area is 164 Å². The Morgan fingerprint density at radius 3 is 2.04 bits per heavy atom. The first-order valence-corrected chi connectivity index (χ1v) is 9.85. The van der Waals surface area contributed by atoms with Gasteiger partial charge in [-0.1, -0.05) is 31.9 Å². The second-order valence-corrected chi connectivity index (χ2v) is 8.88. The Morgan fingerprint density at radius 2 is 1.58 bits per heavy atom. The van der Waals surface area contributed by atoms with Gasteiger partial charge in [-0.2, -0.15) is 5.01 Å². The smallest absolute Gasteiger partial charge is 0.270 e. The molecule has 3 amide bonds. The van der Waals surface area contributed by atoms with Crippen LogP contribution in [0, 0.1) is 33.8 Å². The Hall–Kier alpha value is -1.81. The van der Waals surface area contributed by atoms with Crippen LogP contribution in [0.2, 0.25) is 0 Å². The highest BCUT2D eigenvalue weighted by Crippen LogP contribution is 2.59. The molecule has 136 valence electrons. The van der Waals surface area contributed by atoms with Crippen LogP contribution in [0.1, 0.15) is 16.8 Å². The molecular weight excluding hydrogens is 474 g/mol. The predicted molar refractivity (Wildman–Crippen MR) is 96.4 cm³/mol. The Morgan fingerprint density at radius 1 is 1.08 bits per heavy atom. The maximum atomic E-state index is 12.7. The van der Waals surface area contributed by atoms with Crippen molar-refractivity contribution >= 4 is 55.3 Å². The van der Waals surface area contributed by atoms with Gasteiger partial charge in [-0.3, -0.25) is 29.9 Å². The molecule has 0 unspecified atom stereocenters. The van der Waals surface area contributed by atoms with Crippen LogP contribution in [0.3, 0.4) is 0 Å². The van der Waals surface area contributed by atoms with Gasteiger partial charge in [0.05, 0.1) is 16.8 Å². The monoisotopic (exact) mass is 485 g/mol. The molecule has 0 aromatic heterocycles. The normalized spacial score (nSPS) is 34.9. The summed E-state index contributed by atoms with van der Waals surface area (Å²) in [5, 5.41) is 11.5. The van der Waals surface area contributed by atoms with Crippen molar-refractivity contribution < 1.29 is 19.3 Å². The topological polar surface area (TPSA) is 110 Å². The van der Waals surface area contributed by atoms with Crippen molar-refractivity contribution in [2.75, 3.05) is 0 Å². The first-order valence-electron chi connectivity index (χ1n) is 8.02. The zero-order valence-electron chi connectivity index (χ0n) is 13.2. The summed E-state index contributed by atoms with van der Waals surface area (Å²) in [7, 11) is 0. The fourth-order valence-corrected chi connectivity index (χ4v) is 6.23. The number of hydrogen-bond donors (Lipinski definition) is 1. The van der Waals surface area contributed by atoms with E-state index in [0.717, 1.165) is 11.4 Å². The van der Waals surface area contributed by atoms with Crippen molar-refractivity contribution in [3.8, 4) is 0 Å².